The normalized spacial score (nSPS) is 12.4. The molecule has 29 heavy (non-hydrogen) atoms. The third-order valence-corrected chi connectivity index (χ3v) is 5.80. The van der Waals surface area contributed by atoms with Crippen molar-refractivity contribution in [3.05, 3.63) is 45.1 Å². The molecule has 0 aliphatic heterocycles. The van der Waals surface area contributed by atoms with Crippen LogP contribution in [0.4, 0.5) is 0 Å². The molecule has 2 amide bonds. The smallest absolute Gasteiger partial charge is 0.252 e. The summed E-state index contributed by atoms with van der Waals surface area (Å²) in [5.74, 6) is -0.109. The van der Waals surface area contributed by atoms with Crippen molar-refractivity contribution in [2.24, 2.45) is 11.5 Å². The van der Waals surface area contributed by atoms with Gasteiger partial charge in [0, 0.05) is 17.4 Å². The third kappa shape index (κ3) is 4.10. The zero-order valence-electron chi connectivity index (χ0n) is 16.8. The van der Waals surface area contributed by atoms with E-state index in [4.69, 9.17) is 20.6 Å². The molecule has 9 heteroatoms. The minimum absolute atomic E-state index is 0.246. The zero-order valence-corrected chi connectivity index (χ0v) is 17.6. The van der Waals surface area contributed by atoms with Gasteiger partial charge in [-0.1, -0.05) is 0 Å². The van der Waals surface area contributed by atoms with E-state index in [0.29, 0.717) is 34.6 Å². The van der Waals surface area contributed by atoms with E-state index in [-0.39, 0.29) is 12.0 Å². The van der Waals surface area contributed by atoms with E-state index in [9.17, 15) is 9.59 Å². The topological polar surface area (TPSA) is 125 Å². The molecule has 1 aromatic carbocycles. The summed E-state index contributed by atoms with van der Waals surface area (Å²) in [6, 6.07) is 2.92. The fraction of sp³-hybridized carbons (Fsp3) is 0.350. The van der Waals surface area contributed by atoms with E-state index < -0.39 is 17.9 Å². The molecule has 8 nitrogen and oxygen atoms in total. The Morgan fingerprint density at radius 3 is 2.55 bits per heavy atom. The Morgan fingerprint density at radius 2 is 2.00 bits per heavy atom. The Balaban J connectivity index is 2.13. The second kappa shape index (κ2) is 8.22. The zero-order chi connectivity index (χ0) is 21.3. The summed E-state index contributed by atoms with van der Waals surface area (Å²) >= 11 is 1.50. The summed E-state index contributed by atoms with van der Waals surface area (Å²) in [5, 5.41) is 0.557. The SMILES string of the molecule is Cc1ncsc1COc1ccc2oc(C)c(C(N)=O)c2c1CC(C(N)=O)N(C)C. The third-order valence-electron chi connectivity index (χ3n) is 4.90. The summed E-state index contributed by atoms with van der Waals surface area (Å²) < 4.78 is 11.8. The number of aryl methyl sites for hydroxylation is 2. The van der Waals surface area contributed by atoms with Crippen LogP contribution in [0.3, 0.4) is 0 Å². The fourth-order valence-corrected chi connectivity index (χ4v) is 4.02. The molecule has 0 aliphatic carbocycles. The first-order chi connectivity index (χ1) is 13.7. The number of rotatable bonds is 8. The lowest BCUT2D eigenvalue weighted by atomic mass is 9.96. The minimum Gasteiger partial charge on any atom is -0.488 e. The lowest BCUT2D eigenvalue weighted by Gasteiger charge is -2.23. The Hall–Kier alpha value is -2.91. The molecule has 3 rings (SSSR count). The Kier molecular flexibility index (Phi) is 5.90. The molecule has 0 bridgehead atoms. The number of primary amides is 2. The molecular weight excluding hydrogens is 392 g/mol. The molecular formula is C20H24N4O4S. The predicted molar refractivity (Wildman–Crippen MR) is 111 cm³/mol. The number of nitrogens with zero attached hydrogens (tertiary/aromatic N) is 2. The van der Waals surface area contributed by atoms with E-state index in [2.05, 4.69) is 4.98 Å². The first kappa shape index (κ1) is 20.8. The van der Waals surface area contributed by atoms with Crippen molar-refractivity contribution in [3.63, 3.8) is 0 Å². The van der Waals surface area contributed by atoms with Crippen molar-refractivity contribution >= 4 is 34.1 Å². The maximum absolute atomic E-state index is 12.1. The highest BCUT2D eigenvalue weighted by Gasteiger charge is 2.27. The molecule has 0 spiro atoms. The highest BCUT2D eigenvalue weighted by Crippen LogP contribution is 2.36. The van der Waals surface area contributed by atoms with Crippen LogP contribution in [0.2, 0.25) is 0 Å². The lowest BCUT2D eigenvalue weighted by molar-refractivity contribution is -0.122. The number of aromatic nitrogens is 1. The van der Waals surface area contributed by atoms with Crippen LogP contribution in [0.1, 0.15) is 32.3 Å². The Morgan fingerprint density at radius 1 is 1.28 bits per heavy atom. The van der Waals surface area contributed by atoms with Gasteiger partial charge in [-0.3, -0.25) is 14.5 Å². The summed E-state index contributed by atoms with van der Waals surface area (Å²) in [6.07, 6.45) is 0.246. The molecule has 0 saturated carbocycles. The second-order valence-corrected chi connectivity index (χ2v) is 7.99. The predicted octanol–water partition coefficient (Wildman–Crippen LogP) is 2.14. The number of furan rings is 1. The number of carbonyl (C=O) groups excluding carboxylic acids is 2. The number of fused-ring (bicyclic) bond motifs is 1. The maximum atomic E-state index is 12.1. The van der Waals surface area contributed by atoms with Crippen LogP contribution in [0, 0.1) is 13.8 Å². The Labute approximate surface area is 172 Å². The number of benzene rings is 1. The van der Waals surface area contributed by atoms with Crippen LogP contribution in [0.5, 0.6) is 5.75 Å². The number of nitrogens with two attached hydrogens (primary N) is 2. The molecule has 0 aliphatic rings. The molecule has 154 valence electrons. The molecule has 1 unspecified atom stereocenters. The monoisotopic (exact) mass is 416 g/mol. The fourth-order valence-electron chi connectivity index (χ4n) is 3.33. The number of hydrogen-bond donors (Lipinski definition) is 2. The average Bonchev–Trinajstić information content (AvgIpc) is 3.19. The van der Waals surface area contributed by atoms with Gasteiger partial charge in [-0.05, 0) is 40.1 Å². The largest absolute Gasteiger partial charge is 0.488 e. The first-order valence-corrected chi connectivity index (χ1v) is 9.91. The van der Waals surface area contributed by atoms with Crippen LogP contribution in [0.15, 0.2) is 22.1 Å². The molecule has 2 aromatic heterocycles. The average molecular weight is 417 g/mol. The van der Waals surface area contributed by atoms with Crippen molar-refractivity contribution in [3.8, 4) is 5.75 Å². The van der Waals surface area contributed by atoms with Gasteiger partial charge in [0.15, 0.2) is 0 Å². The van der Waals surface area contributed by atoms with Gasteiger partial charge in [0.05, 0.1) is 27.7 Å². The number of amides is 2. The summed E-state index contributed by atoms with van der Waals surface area (Å²) in [6.45, 7) is 3.92. The number of thiazole rings is 1. The second-order valence-electron chi connectivity index (χ2n) is 7.05. The van der Waals surface area contributed by atoms with E-state index in [1.54, 1.807) is 43.6 Å². The summed E-state index contributed by atoms with van der Waals surface area (Å²) in [7, 11) is 3.54. The highest BCUT2D eigenvalue weighted by molar-refractivity contribution is 7.09. The van der Waals surface area contributed by atoms with Gasteiger partial charge in [-0.2, -0.15) is 0 Å². The molecule has 1 atom stereocenters. The van der Waals surface area contributed by atoms with E-state index in [1.165, 1.54) is 11.3 Å². The standard InChI is InChI=1S/C20H24N4O4S/c1-10-16(29-9-23-10)8-27-14-5-6-15-18(17(20(22)26)11(2)28-15)12(14)7-13(19(21)25)24(3)4/h5-6,9,13H,7-8H2,1-4H3,(H2,21,25)(H2,22,26). The van der Waals surface area contributed by atoms with Gasteiger partial charge in [0.2, 0.25) is 5.91 Å². The molecule has 0 radical (unpaired) electrons. The Bertz CT molecular complexity index is 1070. The van der Waals surface area contributed by atoms with Crippen LogP contribution in [-0.4, -0.2) is 41.8 Å². The van der Waals surface area contributed by atoms with Gasteiger partial charge in [-0.15, -0.1) is 11.3 Å². The van der Waals surface area contributed by atoms with Gasteiger partial charge in [0.25, 0.3) is 5.91 Å². The molecule has 4 N–H and O–H groups in total. The van der Waals surface area contributed by atoms with Crippen LogP contribution in [-0.2, 0) is 17.8 Å². The molecule has 3 aromatic rings. The van der Waals surface area contributed by atoms with Crippen molar-refractivity contribution in [2.75, 3.05) is 14.1 Å². The van der Waals surface area contributed by atoms with Crippen molar-refractivity contribution in [1.82, 2.24) is 9.88 Å². The van der Waals surface area contributed by atoms with Crippen LogP contribution < -0.4 is 16.2 Å². The van der Waals surface area contributed by atoms with E-state index in [0.717, 1.165) is 10.6 Å². The number of likely N-dealkylation sites (N-methyl/N-ethyl adjacent to an activating group) is 1. The van der Waals surface area contributed by atoms with Crippen molar-refractivity contribution in [1.29, 1.82) is 0 Å². The lowest BCUT2D eigenvalue weighted by Crippen LogP contribution is -2.42. The van der Waals surface area contributed by atoms with Gasteiger partial charge >= 0.3 is 0 Å². The van der Waals surface area contributed by atoms with Crippen molar-refractivity contribution in [2.45, 2.75) is 32.9 Å². The summed E-state index contributed by atoms with van der Waals surface area (Å²) in [5.41, 5.74) is 15.3. The molecule has 0 fully saturated rings. The minimum atomic E-state index is -0.599. The maximum Gasteiger partial charge on any atom is 0.252 e. The summed E-state index contributed by atoms with van der Waals surface area (Å²) in [4.78, 5) is 31.1. The van der Waals surface area contributed by atoms with E-state index >= 15 is 0 Å². The number of hydrogen-bond acceptors (Lipinski definition) is 7. The van der Waals surface area contributed by atoms with Crippen molar-refractivity contribution < 1.29 is 18.7 Å². The molecule has 0 saturated heterocycles. The number of carbonyl (C=O) groups is 2. The quantitative estimate of drug-likeness (QED) is 0.580. The van der Waals surface area contributed by atoms with E-state index in [1.807, 2.05) is 6.92 Å². The van der Waals surface area contributed by atoms with Crippen LogP contribution in [0.25, 0.3) is 11.0 Å². The molecule has 2 heterocycles. The highest BCUT2D eigenvalue weighted by atomic mass is 32.1. The number of ether oxygens (including phenoxy) is 1. The van der Waals surface area contributed by atoms with Gasteiger partial charge in [0.1, 0.15) is 23.7 Å². The van der Waals surface area contributed by atoms with Crippen LogP contribution >= 0.6 is 11.3 Å². The van der Waals surface area contributed by atoms with Gasteiger partial charge < -0.3 is 20.6 Å². The van der Waals surface area contributed by atoms with Gasteiger partial charge in [-0.25, -0.2) is 4.98 Å². The first-order valence-electron chi connectivity index (χ1n) is 9.03.